The first kappa shape index (κ1) is 20.2. The molecular formula is C22H28ClN3O3. The van der Waals surface area contributed by atoms with Gasteiger partial charge in [0, 0.05) is 31.0 Å². The summed E-state index contributed by atoms with van der Waals surface area (Å²) >= 11 is 6.13. The SMILES string of the molecule is CC(=O)Nc1ccc(NC(=O)CCNC(=O)C23CC4CC(CC(C4)C2)C3)cc1Cl. The predicted molar refractivity (Wildman–Crippen MR) is 113 cm³/mol. The highest BCUT2D eigenvalue weighted by atomic mass is 35.5. The summed E-state index contributed by atoms with van der Waals surface area (Å²) in [6, 6.07) is 4.93. The van der Waals surface area contributed by atoms with Crippen LogP contribution in [0.15, 0.2) is 18.2 Å². The fourth-order valence-corrected chi connectivity index (χ4v) is 6.20. The maximum absolute atomic E-state index is 12.9. The molecule has 4 fully saturated rings. The summed E-state index contributed by atoms with van der Waals surface area (Å²) < 4.78 is 0. The van der Waals surface area contributed by atoms with Crippen LogP contribution in [0.2, 0.25) is 5.02 Å². The Balaban J connectivity index is 1.26. The van der Waals surface area contributed by atoms with E-state index in [4.69, 9.17) is 11.6 Å². The molecule has 4 saturated carbocycles. The predicted octanol–water partition coefficient (Wildman–Crippen LogP) is 3.96. The van der Waals surface area contributed by atoms with Gasteiger partial charge in [0.1, 0.15) is 0 Å². The van der Waals surface area contributed by atoms with Crippen molar-refractivity contribution in [2.24, 2.45) is 23.2 Å². The summed E-state index contributed by atoms with van der Waals surface area (Å²) in [6.45, 7) is 1.74. The van der Waals surface area contributed by atoms with Crippen LogP contribution in [-0.4, -0.2) is 24.3 Å². The van der Waals surface area contributed by atoms with Gasteiger partial charge in [-0.05, 0) is 74.5 Å². The molecule has 4 bridgehead atoms. The average molecular weight is 418 g/mol. The highest BCUT2D eigenvalue weighted by molar-refractivity contribution is 6.34. The number of benzene rings is 1. The van der Waals surface area contributed by atoms with E-state index in [0.717, 1.165) is 37.0 Å². The summed E-state index contributed by atoms with van der Waals surface area (Å²) in [5.41, 5.74) is 0.875. The number of hydrogen-bond donors (Lipinski definition) is 3. The van der Waals surface area contributed by atoms with Gasteiger partial charge >= 0.3 is 0 Å². The normalized spacial score (nSPS) is 29.4. The molecule has 0 unspecified atom stereocenters. The molecule has 3 N–H and O–H groups in total. The van der Waals surface area contributed by atoms with Crippen LogP contribution in [0.3, 0.4) is 0 Å². The molecule has 0 spiro atoms. The van der Waals surface area contributed by atoms with E-state index in [1.54, 1.807) is 18.2 Å². The molecule has 0 saturated heterocycles. The van der Waals surface area contributed by atoms with E-state index < -0.39 is 0 Å². The van der Waals surface area contributed by atoms with Gasteiger partial charge in [-0.25, -0.2) is 0 Å². The smallest absolute Gasteiger partial charge is 0.226 e. The number of rotatable bonds is 6. The monoisotopic (exact) mass is 417 g/mol. The van der Waals surface area contributed by atoms with Crippen molar-refractivity contribution in [3.8, 4) is 0 Å². The quantitative estimate of drug-likeness (QED) is 0.654. The second-order valence-electron chi connectivity index (χ2n) is 9.13. The van der Waals surface area contributed by atoms with Gasteiger partial charge in [-0.1, -0.05) is 11.6 Å². The summed E-state index contributed by atoms with van der Waals surface area (Å²) in [7, 11) is 0. The van der Waals surface area contributed by atoms with Crippen molar-refractivity contribution >= 4 is 40.7 Å². The van der Waals surface area contributed by atoms with Crippen LogP contribution in [0.5, 0.6) is 0 Å². The highest BCUT2D eigenvalue weighted by Gasteiger charge is 2.54. The third kappa shape index (κ3) is 4.42. The topological polar surface area (TPSA) is 87.3 Å². The fourth-order valence-electron chi connectivity index (χ4n) is 5.97. The molecule has 1 aromatic rings. The van der Waals surface area contributed by atoms with Gasteiger partial charge in [0.2, 0.25) is 17.7 Å². The van der Waals surface area contributed by atoms with E-state index in [-0.39, 0.29) is 29.6 Å². The number of carbonyl (C=O) groups is 3. The summed E-state index contributed by atoms with van der Waals surface area (Å²) in [5, 5.41) is 8.79. The Morgan fingerprint density at radius 1 is 1.03 bits per heavy atom. The van der Waals surface area contributed by atoms with Crippen LogP contribution in [0.1, 0.15) is 51.9 Å². The molecule has 4 aliphatic rings. The zero-order valence-electron chi connectivity index (χ0n) is 16.7. The largest absolute Gasteiger partial charge is 0.355 e. The van der Waals surface area contributed by atoms with Gasteiger partial charge in [-0.3, -0.25) is 14.4 Å². The van der Waals surface area contributed by atoms with E-state index in [1.165, 1.54) is 26.2 Å². The molecule has 0 atom stereocenters. The maximum atomic E-state index is 12.9. The van der Waals surface area contributed by atoms with Crippen molar-refractivity contribution in [3.63, 3.8) is 0 Å². The molecule has 6 nitrogen and oxygen atoms in total. The molecule has 5 rings (SSSR count). The van der Waals surface area contributed by atoms with E-state index in [0.29, 0.717) is 22.9 Å². The van der Waals surface area contributed by atoms with Gasteiger partial charge in [-0.15, -0.1) is 0 Å². The molecule has 0 aromatic heterocycles. The van der Waals surface area contributed by atoms with Crippen molar-refractivity contribution < 1.29 is 14.4 Å². The molecule has 0 aliphatic heterocycles. The van der Waals surface area contributed by atoms with Crippen LogP contribution in [0.4, 0.5) is 11.4 Å². The third-order valence-electron chi connectivity index (χ3n) is 6.72. The van der Waals surface area contributed by atoms with Gasteiger partial charge in [0.05, 0.1) is 10.7 Å². The summed E-state index contributed by atoms with van der Waals surface area (Å²) in [5.74, 6) is 1.92. The van der Waals surface area contributed by atoms with Crippen LogP contribution in [-0.2, 0) is 14.4 Å². The molecule has 0 heterocycles. The second-order valence-corrected chi connectivity index (χ2v) is 9.53. The first-order valence-corrected chi connectivity index (χ1v) is 10.9. The van der Waals surface area contributed by atoms with Crippen molar-refractivity contribution in [2.45, 2.75) is 51.9 Å². The second kappa shape index (κ2) is 7.98. The van der Waals surface area contributed by atoms with Crippen molar-refractivity contribution in [2.75, 3.05) is 17.2 Å². The average Bonchev–Trinajstić information content (AvgIpc) is 2.62. The van der Waals surface area contributed by atoms with E-state index in [2.05, 4.69) is 16.0 Å². The standard InChI is InChI=1S/C22H28ClN3O3/c1-13(27)25-19-3-2-17(9-18(19)23)26-20(28)4-5-24-21(29)22-10-14-6-15(11-22)8-16(7-14)12-22/h2-3,9,14-16H,4-8,10-12H2,1H3,(H,24,29)(H,25,27)(H,26,28). The minimum atomic E-state index is -0.210. The Morgan fingerprint density at radius 3 is 2.21 bits per heavy atom. The number of anilines is 2. The number of carbonyl (C=O) groups excluding carboxylic acids is 3. The zero-order chi connectivity index (χ0) is 20.6. The lowest BCUT2D eigenvalue weighted by Gasteiger charge is -2.55. The van der Waals surface area contributed by atoms with Crippen LogP contribution in [0, 0.1) is 23.2 Å². The van der Waals surface area contributed by atoms with Crippen molar-refractivity contribution in [3.05, 3.63) is 23.2 Å². The molecule has 1 aromatic carbocycles. The first-order valence-electron chi connectivity index (χ1n) is 10.5. The molecule has 0 radical (unpaired) electrons. The molecule has 3 amide bonds. The Morgan fingerprint density at radius 2 is 1.66 bits per heavy atom. The van der Waals surface area contributed by atoms with E-state index in [1.807, 2.05) is 0 Å². The van der Waals surface area contributed by atoms with Gasteiger partial charge in [0.25, 0.3) is 0 Å². The minimum Gasteiger partial charge on any atom is -0.355 e. The summed E-state index contributed by atoms with van der Waals surface area (Å²) in [6.07, 6.45) is 7.19. The van der Waals surface area contributed by atoms with E-state index in [9.17, 15) is 14.4 Å². The van der Waals surface area contributed by atoms with Crippen molar-refractivity contribution in [1.82, 2.24) is 5.32 Å². The fraction of sp³-hybridized carbons (Fsp3) is 0.591. The van der Waals surface area contributed by atoms with Gasteiger partial charge in [-0.2, -0.15) is 0 Å². The molecule has 156 valence electrons. The first-order chi connectivity index (χ1) is 13.8. The zero-order valence-corrected chi connectivity index (χ0v) is 17.5. The number of nitrogens with one attached hydrogen (secondary N) is 3. The van der Waals surface area contributed by atoms with Crippen molar-refractivity contribution in [1.29, 1.82) is 0 Å². The molecule has 29 heavy (non-hydrogen) atoms. The highest BCUT2D eigenvalue weighted by Crippen LogP contribution is 2.60. The Bertz CT molecular complexity index is 803. The summed E-state index contributed by atoms with van der Waals surface area (Å²) in [4.78, 5) is 36.3. The molecule has 7 heteroatoms. The Hall–Kier alpha value is -2.08. The number of hydrogen-bond acceptors (Lipinski definition) is 3. The van der Waals surface area contributed by atoms with E-state index >= 15 is 0 Å². The van der Waals surface area contributed by atoms with Gasteiger partial charge < -0.3 is 16.0 Å². The lowest BCUT2D eigenvalue weighted by atomic mass is 9.49. The van der Waals surface area contributed by atoms with Crippen LogP contribution in [0.25, 0.3) is 0 Å². The lowest BCUT2D eigenvalue weighted by molar-refractivity contribution is -0.146. The Kier molecular flexibility index (Phi) is 5.56. The molecule has 4 aliphatic carbocycles. The van der Waals surface area contributed by atoms with Crippen LogP contribution >= 0.6 is 11.6 Å². The third-order valence-corrected chi connectivity index (χ3v) is 7.03. The van der Waals surface area contributed by atoms with Gasteiger partial charge in [0.15, 0.2) is 0 Å². The maximum Gasteiger partial charge on any atom is 0.226 e. The molecular weight excluding hydrogens is 390 g/mol. The Labute approximate surface area is 176 Å². The van der Waals surface area contributed by atoms with Crippen LogP contribution < -0.4 is 16.0 Å². The lowest BCUT2D eigenvalue weighted by Crippen LogP contribution is -2.53. The number of halogens is 1. The number of amides is 3. The minimum absolute atomic E-state index is 0.145.